The number of nitrogens with zero attached hydrogens (tertiary/aromatic N) is 1. The van der Waals surface area contributed by atoms with Gasteiger partial charge in [0.15, 0.2) is 0 Å². The first-order valence-corrected chi connectivity index (χ1v) is 13.6. The molecule has 7 heteroatoms. The minimum Gasteiger partial charge on any atom is -0.457 e. The van der Waals surface area contributed by atoms with Gasteiger partial charge in [0.05, 0.1) is 35.2 Å². The zero-order valence-corrected chi connectivity index (χ0v) is 23.2. The molecule has 0 saturated carbocycles. The highest BCUT2D eigenvalue weighted by Gasteiger charge is 2.41. The number of hydrogen-bond acceptors (Lipinski definition) is 7. The average Bonchev–Trinajstić information content (AvgIpc) is 3.21. The summed E-state index contributed by atoms with van der Waals surface area (Å²) in [5.41, 5.74) is 1.49. The van der Waals surface area contributed by atoms with Crippen LogP contribution in [-0.2, 0) is 14.3 Å². The fourth-order valence-corrected chi connectivity index (χ4v) is 5.21. The van der Waals surface area contributed by atoms with Crippen molar-refractivity contribution < 1.29 is 24.5 Å². The number of aryl methyl sites for hydroxylation is 1. The molecule has 0 amide bonds. The standard InChI is InChI=1S/C28H43NO5S/c1-17-9-8-10-22(15-30)11-12-24(18(2)13-23-16-35-21(5)29-23)34-26(32)14-25(31)28(6,7)27(33)20(4)19(17)3/h11,13,16-17,19-20,24-25,30-31H,8-10,12,14-15H2,1-7H3/b18-13+,22-11+/t17-,19-,20+,24-,25-/m0/s1. The van der Waals surface area contributed by atoms with Gasteiger partial charge in [-0.2, -0.15) is 0 Å². The van der Waals surface area contributed by atoms with E-state index in [1.165, 1.54) is 0 Å². The topological polar surface area (TPSA) is 96.7 Å². The molecule has 1 aliphatic rings. The van der Waals surface area contributed by atoms with Crippen LogP contribution in [0.1, 0.15) is 84.3 Å². The molecule has 2 rings (SSSR count). The second-order valence-corrected chi connectivity index (χ2v) is 11.8. The number of esters is 1. The highest BCUT2D eigenvalue weighted by atomic mass is 32.1. The third kappa shape index (κ3) is 8.09. The van der Waals surface area contributed by atoms with Gasteiger partial charge in [-0.25, -0.2) is 4.98 Å². The van der Waals surface area contributed by atoms with E-state index in [-0.39, 0.29) is 30.6 Å². The number of thiazole rings is 1. The Kier molecular flexibility index (Phi) is 10.9. The molecule has 6 nitrogen and oxygen atoms in total. The maximum absolute atomic E-state index is 13.3. The molecular formula is C28H43NO5S. The van der Waals surface area contributed by atoms with Crippen molar-refractivity contribution in [3.63, 3.8) is 0 Å². The number of aliphatic hydroxyl groups excluding tert-OH is 2. The molecule has 0 aromatic carbocycles. The third-order valence-corrected chi connectivity index (χ3v) is 8.49. The summed E-state index contributed by atoms with van der Waals surface area (Å²) < 4.78 is 5.82. The van der Waals surface area contributed by atoms with Crippen molar-refractivity contribution in [2.75, 3.05) is 6.61 Å². The quantitative estimate of drug-likeness (QED) is 0.415. The Balaban J connectivity index is 2.37. The van der Waals surface area contributed by atoms with Crippen molar-refractivity contribution in [3.05, 3.63) is 33.3 Å². The van der Waals surface area contributed by atoms with Gasteiger partial charge in [-0.05, 0) is 55.7 Å². The summed E-state index contributed by atoms with van der Waals surface area (Å²) >= 11 is 1.55. The Morgan fingerprint density at radius 1 is 1.29 bits per heavy atom. The van der Waals surface area contributed by atoms with Crippen LogP contribution in [0.5, 0.6) is 0 Å². The van der Waals surface area contributed by atoms with E-state index >= 15 is 0 Å². The number of aliphatic hydroxyl groups is 2. The SMILES string of the molecule is C/C(=C\c1csc(C)n1)[C@@H]1C/C=C(/CO)CCC[C@H](C)[C@H](C)[C@@H](C)C(=O)C(C)(C)[C@@H](O)CC(=O)O1. The number of cyclic esters (lactones) is 1. The normalized spacial score (nSPS) is 31.5. The predicted molar refractivity (Wildman–Crippen MR) is 141 cm³/mol. The van der Waals surface area contributed by atoms with E-state index in [4.69, 9.17) is 4.74 Å². The van der Waals surface area contributed by atoms with Crippen molar-refractivity contribution in [2.24, 2.45) is 23.2 Å². The first kappa shape index (κ1) is 29.4. The molecule has 1 aliphatic heterocycles. The number of carbonyl (C=O) groups excluding carboxylic acids is 2. The maximum Gasteiger partial charge on any atom is 0.309 e. The summed E-state index contributed by atoms with van der Waals surface area (Å²) in [5.74, 6) is -0.371. The number of hydrogen-bond donors (Lipinski definition) is 2. The van der Waals surface area contributed by atoms with Crippen LogP contribution in [0.25, 0.3) is 6.08 Å². The van der Waals surface area contributed by atoms with E-state index in [0.717, 1.165) is 41.1 Å². The van der Waals surface area contributed by atoms with Crippen LogP contribution in [0.15, 0.2) is 22.6 Å². The number of ketones is 1. The van der Waals surface area contributed by atoms with E-state index in [1.54, 1.807) is 25.2 Å². The Bertz CT molecular complexity index is 932. The Hall–Kier alpha value is -1.83. The summed E-state index contributed by atoms with van der Waals surface area (Å²) in [6.07, 6.45) is 4.95. The molecule has 0 radical (unpaired) electrons. The highest BCUT2D eigenvalue weighted by molar-refractivity contribution is 7.09. The fourth-order valence-electron chi connectivity index (χ4n) is 4.64. The van der Waals surface area contributed by atoms with Crippen LogP contribution in [0.2, 0.25) is 0 Å². The molecule has 0 spiro atoms. The number of aromatic nitrogens is 1. The molecule has 196 valence electrons. The molecule has 0 bridgehead atoms. The minimum atomic E-state index is -1.14. The lowest BCUT2D eigenvalue weighted by molar-refractivity contribution is -0.153. The number of ether oxygens (including phenoxy) is 1. The summed E-state index contributed by atoms with van der Waals surface area (Å²) in [6.45, 7) is 13.4. The van der Waals surface area contributed by atoms with Crippen molar-refractivity contribution in [3.8, 4) is 0 Å². The van der Waals surface area contributed by atoms with E-state index in [1.807, 2.05) is 38.3 Å². The molecule has 1 aromatic rings. The molecule has 1 aromatic heterocycles. The van der Waals surface area contributed by atoms with Crippen LogP contribution < -0.4 is 0 Å². The summed E-state index contributed by atoms with van der Waals surface area (Å²) in [5, 5.41) is 23.7. The van der Waals surface area contributed by atoms with Crippen molar-refractivity contribution in [1.82, 2.24) is 4.98 Å². The summed E-state index contributed by atoms with van der Waals surface area (Å²) in [7, 11) is 0. The van der Waals surface area contributed by atoms with Crippen LogP contribution in [0, 0.1) is 30.1 Å². The maximum atomic E-state index is 13.3. The molecule has 2 heterocycles. The lowest BCUT2D eigenvalue weighted by Crippen LogP contribution is -2.44. The zero-order chi connectivity index (χ0) is 26.3. The molecule has 2 N–H and O–H groups in total. The third-order valence-electron chi connectivity index (χ3n) is 7.70. The largest absolute Gasteiger partial charge is 0.457 e. The van der Waals surface area contributed by atoms with Gasteiger partial charge < -0.3 is 14.9 Å². The first-order valence-electron chi connectivity index (χ1n) is 12.7. The lowest BCUT2D eigenvalue weighted by Gasteiger charge is -2.35. The van der Waals surface area contributed by atoms with Crippen LogP contribution in [0.4, 0.5) is 0 Å². The predicted octanol–water partition coefficient (Wildman–Crippen LogP) is 5.51. The van der Waals surface area contributed by atoms with Gasteiger partial charge in [0.25, 0.3) is 0 Å². The van der Waals surface area contributed by atoms with Gasteiger partial charge >= 0.3 is 5.97 Å². The van der Waals surface area contributed by atoms with E-state index < -0.39 is 23.6 Å². The Morgan fingerprint density at radius 2 is 1.97 bits per heavy atom. The average molecular weight is 506 g/mol. The molecule has 0 aliphatic carbocycles. The Labute approximate surface area is 214 Å². The van der Waals surface area contributed by atoms with Crippen LogP contribution in [-0.4, -0.2) is 45.8 Å². The Morgan fingerprint density at radius 3 is 2.57 bits per heavy atom. The minimum absolute atomic E-state index is 0.0354. The molecule has 35 heavy (non-hydrogen) atoms. The highest BCUT2D eigenvalue weighted by Crippen LogP contribution is 2.35. The molecule has 5 atom stereocenters. The first-order chi connectivity index (χ1) is 16.4. The molecule has 0 unspecified atom stereocenters. The zero-order valence-electron chi connectivity index (χ0n) is 22.3. The van der Waals surface area contributed by atoms with E-state index in [2.05, 4.69) is 18.8 Å². The van der Waals surface area contributed by atoms with Crippen LogP contribution in [0.3, 0.4) is 0 Å². The fraction of sp³-hybridized carbons (Fsp3) is 0.679. The molecule has 0 saturated heterocycles. The van der Waals surface area contributed by atoms with E-state index in [9.17, 15) is 19.8 Å². The molecular weight excluding hydrogens is 462 g/mol. The van der Waals surface area contributed by atoms with Gasteiger partial charge in [-0.3, -0.25) is 9.59 Å². The summed E-state index contributed by atoms with van der Waals surface area (Å²) in [6, 6.07) is 0. The van der Waals surface area contributed by atoms with Gasteiger partial charge in [0, 0.05) is 17.7 Å². The lowest BCUT2D eigenvalue weighted by atomic mass is 9.70. The molecule has 0 fully saturated rings. The monoisotopic (exact) mass is 505 g/mol. The van der Waals surface area contributed by atoms with Crippen molar-refractivity contribution in [2.45, 2.75) is 92.8 Å². The van der Waals surface area contributed by atoms with Crippen molar-refractivity contribution >= 4 is 29.2 Å². The smallest absolute Gasteiger partial charge is 0.309 e. The number of rotatable bonds is 3. The number of Topliss-reactive ketones (excluding diaryl/α,β-unsaturated/α-hetero) is 1. The number of carbonyl (C=O) groups is 2. The second kappa shape index (κ2) is 12.9. The van der Waals surface area contributed by atoms with Crippen molar-refractivity contribution in [1.29, 1.82) is 0 Å². The van der Waals surface area contributed by atoms with E-state index in [0.29, 0.717) is 12.3 Å². The second-order valence-electron chi connectivity index (χ2n) is 10.7. The van der Waals surface area contributed by atoms with Gasteiger partial charge in [-0.15, -0.1) is 11.3 Å². The summed E-state index contributed by atoms with van der Waals surface area (Å²) in [4.78, 5) is 30.7. The van der Waals surface area contributed by atoms with Gasteiger partial charge in [-0.1, -0.05) is 47.1 Å². The van der Waals surface area contributed by atoms with Gasteiger partial charge in [0.2, 0.25) is 0 Å². The van der Waals surface area contributed by atoms with Crippen LogP contribution >= 0.6 is 11.3 Å². The van der Waals surface area contributed by atoms with Gasteiger partial charge in [0.1, 0.15) is 11.9 Å².